The third-order valence-electron chi connectivity index (χ3n) is 4.25. The summed E-state index contributed by atoms with van der Waals surface area (Å²) < 4.78 is 12.6. The van der Waals surface area contributed by atoms with E-state index in [1.807, 2.05) is 54.8 Å². The molecule has 1 aromatic carbocycles. The van der Waals surface area contributed by atoms with Crippen molar-refractivity contribution in [2.45, 2.75) is 19.9 Å². The van der Waals surface area contributed by atoms with Gasteiger partial charge in [-0.05, 0) is 30.2 Å². The van der Waals surface area contributed by atoms with Gasteiger partial charge in [0.15, 0.2) is 11.5 Å². The van der Waals surface area contributed by atoms with Gasteiger partial charge in [0.25, 0.3) is 5.91 Å². The molecule has 0 fully saturated rings. The summed E-state index contributed by atoms with van der Waals surface area (Å²) in [6, 6.07) is 12.6. The number of pyridine rings is 1. The van der Waals surface area contributed by atoms with E-state index in [0.29, 0.717) is 30.4 Å². The Morgan fingerprint density at radius 2 is 1.89 bits per heavy atom. The van der Waals surface area contributed by atoms with Crippen LogP contribution < -0.4 is 10.1 Å². The molecule has 1 atom stereocenters. The van der Waals surface area contributed by atoms with Crippen LogP contribution in [0, 0.1) is 5.92 Å². The Hall–Kier alpha value is -2.93. The predicted molar refractivity (Wildman–Crippen MR) is 102 cm³/mol. The van der Waals surface area contributed by atoms with E-state index in [1.165, 1.54) is 0 Å². The van der Waals surface area contributed by atoms with Gasteiger partial charge in [-0.25, -0.2) is 0 Å². The molecule has 0 bridgehead atoms. The van der Waals surface area contributed by atoms with Gasteiger partial charge in [-0.1, -0.05) is 32.0 Å². The Morgan fingerprint density at radius 1 is 1.11 bits per heavy atom. The molecule has 0 aliphatic carbocycles. The summed E-state index contributed by atoms with van der Waals surface area (Å²) in [5, 5.41) is 11.6. The van der Waals surface area contributed by atoms with Crippen molar-refractivity contribution in [1.82, 2.24) is 19.9 Å². The molecule has 2 heterocycles. The van der Waals surface area contributed by atoms with Gasteiger partial charge in [0, 0.05) is 13.3 Å². The first-order chi connectivity index (χ1) is 13.1. The molecular formula is C20H24N4O3. The second kappa shape index (κ2) is 8.64. The lowest BCUT2D eigenvalue weighted by Gasteiger charge is -2.21. The van der Waals surface area contributed by atoms with Crippen LogP contribution in [-0.4, -0.2) is 40.8 Å². The van der Waals surface area contributed by atoms with E-state index in [-0.39, 0.29) is 17.9 Å². The molecule has 27 heavy (non-hydrogen) atoms. The van der Waals surface area contributed by atoms with Crippen molar-refractivity contribution >= 4 is 11.6 Å². The van der Waals surface area contributed by atoms with Crippen molar-refractivity contribution in [1.29, 1.82) is 0 Å². The van der Waals surface area contributed by atoms with E-state index in [4.69, 9.17) is 9.47 Å². The van der Waals surface area contributed by atoms with Gasteiger partial charge in [0.2, 0.25) is 0 Å². The lowest BCUT2D eigenvalue weighted by Crippen LogP contribution is -2.33. The van der Waals surface area contributed by atoms with Crippen molar-refractivity contribution in [2.75, 3.05) is 20.3 Å². The Kier molecular flexibility index (Phi) is 6.03. The number of nitrogens with one attached hydrogen (secondary N) is 1. The van der Waals surface area contributed by atoms with Crippen LogP contribution in [0.2, 0.25) is 0 Å². The fourth-order valence-electron chi connectivity index (χ4n) is 2.84. The molecule has 0 unspecified atom stereocenters. The molecule has 3 aromatic rings. The highest BCUT2D eigenvalue weighted by atomic mass is 16.5. The van der Waals surface area contributed by atoms with Crippen LogP contribution in [-0.2, 0) is 4.74 Å². The van der Waals surface area contributed by atoms with Crippen LogP contribution in [0.3, 0.4) is 0 Å². The van der Waals surface area contributed by atoms with Gasteiger partial charge in [-0.15, -0.1) is 10.2 Å². The van der Waals surface area contributed by atoms with Crippen LogP contribution in [0.5, 0.6) is 5.75 Å². The van der Waals surface area contributed by atoms with E-state index >= 15 is 0 Å². The Bertz CT molecular complexity index is 907. The fraction of sp³-hybridized carbons (Fsp3) is 0.350. The zero-order valence-corrected chi connectivity index (χ0v) is 15.8. The second-order valence-corrected chi connectivity index (χ2v) is 6.52. The minimum Gasteiger partial charge on any atom is -0.490 e. The van der Waals surface area contributed by atoms with E-state index < -0.39 is 0 Å². The van der Waals surface area contributed by atoms with Crippen LogP contribution in [0.1, 0.15) is 36.1 Å². The monoisotopic (exact) mass is 368 g/mol. The summed E-state index contributed by atoms with van der Waals surface area (Å²) in [6.45, 7) is 4.91. The summed E-state index contributed by atoms with van der Waals surface area (Å²) in [5.74, 6) is 1.14. The number of hydrogen-bond donors (Lipinski definition) is 1. The number of ether oxygens (including phenoxy) is 2. The third kappa shape index (κ3) is 4.25. The van der Waals surface area contributed by atoms with Crippen molar-refractivity contribution in [3.8, 4) is 5.75 Å². The summed E-state index contributed by atoms with van der Waals surface area (Å²) in [4.78, 5) is 13.0. The number of methoxy groups -OCH3 is 1. The SMILES string of the molecule is COCCOc1ccccc1C(=O)N[C@@H](c1nnc2ccccn12)C(C)C. The first kappa shape index (κ1) is 18.8. The maximum Gasteiger partial charge on any atom is 0.255 e. The number of aromatic nitrogens is 3. The first-order valence-corrected chi connectivity index (χ1v) is 8.93. The summed E-state index contributed by atoms with van der Waals surface area (Å²) in [7, 11) is 1.61. The smallest absolute Gasteiger partial charge is 0.255 e. The maximum absolute atomic E-state index is 13.0. The summed E-state index contributed by atoms with van der Waals surface area (Å²) >= 11 is 0. The van der Waals surface area contributed by atoms with E-state index in [0.717, 1.165) is 5.65 Å². The average molecular weight is 368 g/mol. The van der Waals surface area contributed by atoms with Crippen LogP contribution in [0.25, 0.3) is 5.65 Å². The predicted octanol–water partition coefficient (Wildman–Crippen LogP) is 2.88. The van der Waals surface area contributed by atoms with Gasteiger partial charge in [0.1, 0.15) is 12.4 Å². The number of para-hydroxylation sites is 1. The van der Waals surface area contributed by atoms with Gasteiger partial charge in [0.05, 0.1) is 18.2 Å². The number of benzene rings is 1. The molecule has 0 radical (unpaired) electrons. The molecule has 142 valence electrons. The van der Waals surface area contributed by atoms with Gasteiger partial charge in [-0.2, -0.15) is 0 Å². The van der Waals surface area contributed by atoms with Crippen LogP contribution in [0.15, 0.2) is 48.7 Å². The van der Waals surface area contributed by atoms with Crippen molar-refractivity contribution in [2.24, 2.45) is 5.92 Å². The zero-order chi connectivity index (χ0) is 19.2. The first-order valence-electron chi connectivity index (χ1n) is 8.93. The Labute approximate surface area is 158 Å². The van der Waals surface area contributed by atoms with Crippen molar-refractivity contribution < 1.29 is 14.3 Å². The number of carbonyl (C=O) groups is 1. The number of rotatable bonds is 8. The largest absolute Gasteiger partial charge is 0.490 e. The van der Waals surface area contributed by atoms with Gasteiger partial charge in [-0.3, -0.25) is 9.20 Å². The highest BCUT2D eigenvalue weighted by Gasteiger charge is 2.25. The number of fused-ring (bicyclic) bond motifs is 1. The van der Waals surface area contributed by atoms with E-state index in [2.05, 4.69) is 15.5 Å². The highest BCUT2D eigenvalue weighted by molar-refractivity contribution is 5.97. The highest BCUT2D eigenvalue weighted by Crippen LogP contribution is 2.24. The van der Waals surface area contributed by atoms with Gasteiger partial charge < -0.3 is 14.8 Å². The lowest BCUT2D eigenvalue weighted by atomic mass is 10.0. The summed E-state index contributed by atoms with van der Waals surface area (Å²) in [5.41, 5.74) is 1.23. The molecule has 1 amide bonds. The Morgan fingerprint density at radius 3 is 2.67 bits per heavy atom. The molecule has 0 saturated carbocycles. The molecule has 0 spiro atoms. The normalized spacial score (nSPS) is 12.3. The summed E-state index contributed by atoms with van der Waals surface area (Å²) in [6.07, 6.45) is 1.90. The number of nitrogens with zero attached hydrogens (tertiary/aromatic N) is 3. The van der Waals surface area contributed by atoms with Crippen LogP contribution in [0.4, 0.5) is 0 Å². The minimum atomic E-state index is -0.290. The lowest BCUT2D eigenvalue weighted by molar-refractivity contribution is 0.0915. The van der Waals surface area contributed by atoms with E-state index in [1.54, 1.807) is 19.2 Å². The molecule has 1 N–H and O–H groups in total. The fourth-order valence-corrected chi connectivity index (χ4v) is 2.84. The quantitative estimate of drug-likeness (QED) is 0.619. The molecule has 0 aliphatic rings. The standard InChI is InChI=1S/C20H24N4O3/c1-14(2)18(19-23-22-17-10-6-7-11-24(17)19)21-20(25)15-8-4-5-9-16(15)27-13-12-26-3/h4-11,14,18H,12-13H2,1-3H3,(H,21,25)/t18-/m1/s1. The number of amides is 1. The molecule has 0 aliphatic heterocycles. The topological polar surface area (TPSA) is 77.8 Å². The molecule has 7 heteroatoms. The van der Waals surface area contributed by atoms with Crippen LogP contribution >= 0.6 is 0 Å². The third-order valence-corrected chi connectivity index (χ3v) is 4.25. The minimum absolute atomic E-state index is 0.128. The molecule has 0 saturated heterocycles. The maximum atomic E-state index is 13.0. The van der Waals surface area contributed by atoms with Crippen molar-refractivity contribution in [3.05, 3.63) is 60.0 Å². The zero-order valence-electron chi connectivity index (χ0n) is 15.8. The molecule has 2 aromatic heterocycles. The number of carbonyl (C=O) groups excluding carboxylic acids is 1. The van der Waals surface area contributed by atoms with Gasteiger partial charge >= 0.3 is 0 Å². The second-order valence-electron chi connectivity index (χ2n) is 6.52. The Balaban J connectivity index is 1.85. The molecule has 7 nitrogen and oxygen atoms in total. The molecular weight excluding hydrogens is 344 g/mol. The number of hydrogen-bond acceptors (Lipinski definition) is 5. The van der Waals surface area contributed by atoms with E-state index in [9.17, 15) is 4.79 Å². The molecule has 3 rings (SSSR count). The van der Waals surface area contributed by atoms with Crippen molar-refractivity contribution in [3.63, 3.8) is 0 Å². The average Bonchev–Trinajstić information content (AvgIpc) is 3.10.